The van der Waals surface area contributed by atoms with Gasteiger partial charge in [0.2, 0.25) is 0 Å². The van der Waals surface area contributed by atoms with Crippen LogP contribution in [0.1, 0.15) is 117 Å². The van der Waals surface area contributed by atoms with Gasteiger partial charge in [-0.25, -0.2) is 0 Å². The van der Waals surface area contributed by atoms with Gasteiger partial charge in [-0.2, -0.15) is 0 Å². The first kappa shape index (κ1) is 23.4. The van der Waals surface area contributed by atoms with Crippen molar-refractivity contribution >= 4 is 7.49 Å². The Morgan fingerprint density at radius 2 is 0.696 bits per heavy atom. The number of hydrogen-bond donors (Lipinski definition) is 1. The second kappa shape index (κ2) is 17.2. The van der Waals surface area contributed by atoms with Gasteiger partial charge in [-0.3, -0.25) is 0 Å². The Morgan fingerprint density at radius 3 is 0.957 bits per heavy atom. The third-order valence-corrected chi connectivity index (χ3v) is 9.09. The molecule has 0 bridgehead atoms. The molecule has 0 aromatic heterocycles. The fourth-order valence-electron chi connectivity index (χ4n) is 3.55. The molecule has 0 radical (unpaired) electrons. The van der Waals surface area contributed by atoms with E-state index in [2.05, 4.69) is 20.8 Å². The predicted octanol–water partition coefficient (Wildman–Crippen LogP) is 7.55. The zero-order chi connectivity index (χ0) is 17.2. The van der Waals surface area contributed by atoms with Crippen LogP contribution in [0.15, 0.2) is 0 Å². The third-order valence-electron chi connectivity index (χ3n) is 5.24. The monoisotopic (exact) mass is 346 g/mol. The molecule has 142 valence electrons. The molecule has 0 aromatic rings. The maximum absolute atomic E-state index is 11.2. The Balaban J connectivity index is 4.00. The van der Waals surface area contributed by atoms with Crippen molar-refractivity contribution in [1.82, 2.24) is 0 Å². The quantitative estimate of drug-likeness (QED) is 0.200. The van der Waals surface area contributed by atoms with Crippen LogP contribution in [-0.2, 0) is 0 Å². The van der Waals surface area contributed by atoms with E-state index in [4.69, 9.17) is 0 Å². The van der Waals surface area contributed by atoms with Crippen molar-refractivity contribution in [3.05, 3.63) is 0 Å². The van der Waals surface area contributed by atoms with E-state index in [-0.39, 0.29) is 0 Å². The zero-order valence-corrected chi connectivity index (χ0v) is 17.7. The molecule has 1 N–H and O–H groups in total. The van der Waals surface area contributed by atoms with Gasteiger partial charge in [-0.05, 0) is 0 Å². The van der Waals surface area contributed by atoms with Crippen molar-refractivity contribution < 1.29 is 4.89 Å². The number of rotatable bonds is 18. The summed E-state index contributed by atoms with van der Waals surface area (Å²) in [6.45, 7) is 6.83. The summed E-state index contributed by atoms with van der Waals surface area (Å²) >= 11 is 0. The molecule has 0 atom stereocenters. The predicted molar refractivity (Wildman–Crippen MR) is 111 cm³/mol. The van der Waals surface area contributed by atoms with Crippen LogP contribution >= 0.6 is 7.49 Å². The minimum atomic E-state index is -1.93. The second-order valence-corrected chi connectivity index (χ2v) is 11.7. The Labute approximate surface area is 148 Å². The standard InChI is InChI=1S/C21H47OP/c1-4-7-10-13-16-19-23(22,20-17-14-11-8-5-2)21-18-15-12-9-6-3/h22-23H,4-21H2,1-3H3. The van der Waals surface area contributed by atoms with Crippen molar-refractivity contribution in [3.8, 4) is 0 Å². The van der Waals surface area contributed by atoms with E-state index in [1.165, 1.54) is 115 Å². The van der Waals surface area contributed by atoms with E-state index in [0.29, 0.717) is 0 Å². The van der Waals surface area contributed by atoms with E-state index >= 15 is 0 Å². The molecular formula is C21H47OP. The molecule has 23 heavy (non-hydrogen) atoms. The molecule has 1 nitrogen and oxygen atoms in total. The Kier molecular flexibility index (Phi) is 17.5. The summed E-state index contributed by atoms with van der Waals surface area (Å²) in [5.41, 5.74) is 0. The number of unbranched alkanes of at least 4 members (excludes halogenated alkanes) is 12. The maximum atomic E-state index is 11.2. The average molecular weight is 347 g/mol. The zero-order valence-electron chi connectivity index (χ0n) is 16.7. The average Bonchev–Trinajstić information content (AvgIpc) is 2.54. The molecule has 0 amide bonds. The Bertz CT molecular complexity index is 194. The van der Waals surface area contributed by atoms with Crippen molar-refractivity contribution in [2.75, 3.05) is 18.5 Å². The SMILES string of the molecule is CCCCCCC[PH](O)(CCCCCCC)CCCCCCC. The first-order chi connectivity index (χ1) is 11.2. The summed E-state index contributed by atoms with van der Waals surface area (Å²) in [4.78, 5) is 11.2. The fraction of sp³-hybridized carbons (Fsp3) is 1.00. The minimum absolute atomic E-state index is 1.18. The van der Waals surface area contributed by atoms with Crippen molar-refractivity contribution in [3.63, 3.8) is 0 Å². The van der Waals surface area contributed by atoms with Crippen LogP contribution in [0.2, 0.25) is 0 Å². The molecule has 0 fully saturated rings. The van der Waals surface area contributed by atoms with Crippen molar-refractivity contribution in [2.24, 2.45) is 0 Å². The van der Waals surface area contributed by atoms with E-state index < -0.39 is 7.49 Å². The third kappa shape index (κ3) is 15.6. The number of hydrogen-bond acceptors (Lipinski definition) is 1. The molecule has 2 heteroatoms. The molecule has 0 saturated carbocycles. The van der Waals surface area contributed by atoms with Crippen molar-refractivity contribution in [1.29, 1.82) is 0 Å². The molecule has 0 unspecified atom stereocenters. The first-order valence-electron chi connectivity index (χ1n) is 10.9. The van der Waals surface area contributed by atoms with Gasteiger partial charge in [0.25, 0.3) is 0 Å². The van der Waals surface area contributed by atoms with Gasteiger partial charge in [-0.15, -0.1) is 0 Å². The summed E-state index contributed by atoms with van der Waals surface area (Å²) in [5.74, 6) is 0. The van der Waals surface area contributed by atoms with Crippen molar-refractivity contribution in [2.45, 2.75) is 117 Å². The molecule has 0 aromatic carbocycles. The van der Waals surface area contributed by atoms with Gasteiger partial charge in [-0.1, -0.05) is 0 Å². The first-order valence-corrected chi connectivity index (χ1v) is 13.5. The molecule has 0 aliphatic rings. The van der Waals surface area contributed by atoms with Crippen LogP contribution in [0.3, 0.4) is 0 Å². The second-order valence-electron chi connectivity index (χ2n) is 7.72. The molecule has 0 aliphatic carbocycles. The van der Waals surface area contributed by atoms with Gasteiger partial charge < -0.3 is 0 Å². The van der Waals surface area contributed by atoms with Gasteiger partial charge in [0.05, 0.1) is 0 Å². The molecule has 0 rings (SSSR count). The molecule has 0 spiro atoms. The van der Waals surface area contributed by atoms with E-state index in [0.717, 1.165) is 0 Å². The molecular weight excluding hydrogens is 299 g/mol. The Hall–Kier alpha value is 0.390. The normalized spacial score (nSPS) is 12.7. The summed E-state index contributed by atoms with van der Waals surface area (Å²) in [7, 11) is -1.93. The molecule has 0 aliphatic heterocycles. The van der Waals surface area contributed by atoms with Crippen LogP contribution in [0.5, 0.6) is 0 Å². The van der Waals surface area contributed by atoms with Crippen LogP contribution in [0.25, 0.3) is 0 Å². The van der Waals surface area contributed by atoms with Gasteiger partial charge in [0, 0.05) is 0 Å². The van der Waals surface area contributed by atoms with Crippen LogP contribution in [0.4, 0.5) is 0 Å². The van der Waals surface area contributed by atoms with Crippen LogP contribution in [0, 0.1) is 0 Å². The summed E-state index contributed by atoms with van der Waals surface area (Å²) in [5, 5.41) is 0. The van der Waals surface area contributed by atoms with Gasteiger partial charge in [0.15, 0.2) is 0 Å². The van der Waals surface area contributed by atoms with E-state index in [1.807, 2.05) is 0 Å². The fourth-order valence-corrected chi connectivity index (χ4v) is 7.02. The molecule has 0 saturated heterocycles. The summed E-state index contributed by atoms with van der Waals surface area (Å²) in [6, 6.07) is 0. The van der Waals surface area contributed by atoms with E-state index in [9.17, 15) is 4.89 Å². The Morgan fingerprint density at radius 1 is 0.435 bits per heavy atom. The van der Waals surface area contributed by atoms with Gasteiger partial charge in [0.1, 0.15) is 0 Å². The van der Waals surface area contributed by atoms with E-state index in [1.54, 1.807) is 0 Å². The van der Waals surface area contributed by atoms with Crippen LogP contribution < -0.4 is 0 Å². The molecule has 0 heterocycles. The topological polar surface area (TPSA) is 20.2 Å². The van der Waals surface area contributed by atoms with Crippen LogP contribution in [-0.4, -0.2) is 23.4 Å². The summed E-state index contributed by atoms with van der Waals surface area (Å²) in [6.07, 6.45) is 23.6. The summed E-state index contributed by atoms with van der Waals surface area (Å²) < 4.78 is 0. The van der Waals surface area contributed by atoms with Gasteiger partial charge >= 0.3 is 148 Å².